The van der Waals surface area contributed by atoms with Gasteiger partial charge in [-0.3, -0.25) is 19.4 Å². The zero-order chi connectivity index (χ0) is 22.1. The van der Waals surface area contributed by atoms with Gasteiger partial charge >= 0.3 is 0 Å². The minimum atomic E-state index is -0.343. The maximum atomic E-state index is 13.6. The van der Waals surface area contributed by atoms with Crippen molar-refractivity contribution in [3.8, 4) is 0 Å². The molecule has 8 heteroatoms. The molecule has 0 radical (unpaired) electrons. The molecule has 4 heterocycles. The van der Waals surface area contributed by atoms with Gasteiger partial charge in [0.15, 0.2) is 0 Å². The lowest BCUT2D eigenvalue weighted by Gasteiger charge is -2.31. The van der Waals surface area contributed by atoms with E-state index in [1.807, 2.05) is 37.6 Å². The van der Waals surface area contributed by atoms with Crippen molar-refractivity contribution < 1.29 is 9.18 Å². The Hall–Kier alpha value is -3.52. The average Bonchev–Trinajstić information content (AvgIpc) is 3.36. The first-order valence-electron chi connectivity index (χ1n) is 10.7. The molecule has 0 unspecified atom stereocenters. The maximum absolute atomic E-state index is 13.6. The van der Waals surface area contributed by atoms with Gasteiger partial charge in [0.05, 0.1) is 17.3 Å². The summed E-state index contributed by atoms with van der Waals surface area (Å²) in [6.07, 6.45) is 6.27. The Morgan fingerprint density at radius 3 is 3.06 bits per heavy atom. The summed E-state index contributed by atoms with van der Waals surface area (Å²) < 4.78 is 15.4. The molecular formula is C24H25FN6O. The highest BCUT2D eigenvalue weighted by molar-refractivity contribution is 5.85. The molecule has 0 fully saturated rings. The lowest BCUT2D eigenvalue weighted by molar-refractivity contribution is -0.123. The number of aromatic nitrogens is 4. The average molecular weight is 433 g/mol. The molecule has 2 N–H and O–H groups in total. The summed E-state index contributed by atoms with van der Waals surface area (Å²) in [5.74, 6) is -0.647. The van der Waals surface area contributed by atoms with Crippen LogP contribution in [0.4, 0.5) is 4.39 Å². The number of nitrogens with one attached hydrogen (secondary N) is 2. The molecule has 1 amide bonds. The van der Waals surface area contributed by atoms with Crippen LogP contribution in [0.15, 0.2) is 55.0 Å². The third-order valence-corrected chi connectivity index (χ3v) is 5.95. The minimum Gasteiger partial charge on any atom is -0.361 e. The van der Waals surface area contributed by atoms with Crippen molar-refractivity contribution in [2.45, 2.75) is 25.4 Å². The number of hydrogen-bond donors (Lipinski definition) is 2. The molecule has 5 rings (SSSR count). The number of rotatable bonds is 6. The Morgan fingerprint density at radius 1 is 1.31 bits per heavy atom. The molecular weight excluding hydrogens is 407 g/mol. The number of carbonyl (C=O) groups excluding carboxylic acids is 1. The Labute approximate surface area is 185 Å². The van der Waals surface area contributed by atoms with Gasteiger partial charge in [0.2, 0.25) is 5.91 Å². The Morgan fingerprint density at radius 2 is 2.22 bits per heavy atom. The van der Waals surface area contributed by atoms with Crippen molar-refractivity contribution in [1.82, 2.24) is 30.0 Å². The fourth-order valence-corrected chi connectivity index (χ4v) is 4.47. The van der Waals surface area contributed by atoms with Gasteiger partial charge in [-0.2, -0.15) is 5.10 Å². The van der Waals surface area contributed by atoms with Crippen LogP contribution in [0.5, 0.6) is 0 Å². The van der Waals surface area contributed by atoms with E-state index in [0.29, 0.717) is 26.1 Å². The summed E-state index contributed by atoms with van der Waals surface area (Å²) in [7, 11) is 1.88. The second-order valence-corrected chi connectivity index (χ2v) is 8.30. The monoisotopic (exact) mass is 432 g/mol. The van der Waals surface area contributed by atoms with Crippen LogP contribution < -0.4 is 5.32 Å². The van der Waals surface area contributed by atoms with Crippen LogP contribution in [-0.2, 0) is 31.4 Å². The molecule has 0 saturated carbocycles. The number of benzene rings is 1. The number of halogens is 1. The smallest absolute Gasteiger partial charge is 0.230 e. The first-order chi connectivity index (χ1) is 15.6. The summed E-state index contributed by atoms with van der Waals surface area (Å²) in [6, 6.07) is 10.6. The molecule has 0 spiro atoms. The van der Waals surface area contributed by atoms with E-state index in [1.54, 1.807) is 16.9 Å². The number of pyridine rings is 1. The molecule has 7 nitrogen and oxygen atoms in total. The molecule has 1 atom stereocenters. The Balaban J connectivity index is 1.27. The highest BCUT2D eigenvalue weighted by Gasteiger charge is 2.33. The predicted molar refractivity (Wildman–Crippen MR) is 119 cm³/mol. The first kappa shape index (κ1) is 20.4. The van der Waals surface area contributed by atoms with Crippen LogP contribution >= 0.6 is 0 Å². The van der Waals surface area contributed by atoms with E-state index in [2.05, 4.69) is 25.3 Å². The largest absolute Gasteiger partial charge is 0.361 e. The highest BCUT2D eigenvalue weighted by atomic mass is 19.1. The quantitative estimate of drug-likeness (QED) is 0.491. The third-order valence-electron chi connectivity index (χ3n) is 5.95. The van der Waals surface area contributed by atoms with Crippen molar-refractivity contribution in [2.75, 3.05) is 13.1 Å². The van der Waals surface area contributed by atoms with E-state index in [4.69, 9.17) is 0 Å². The van der Waals surface area contributed by atoms with E-state index >= 15 is 0 Å². The molecule has 1 aliphatic rings. The van der Waals surface area contributed by atoms with Crippen molar-refractivity contribution in [1.29, 1.82) is 0 Å². The van der Waals surface area contributed by atoms with Crippen molar-refractivity contribution in [2.24, 2.45) is 7.05 Å². The molecule has 3 aromatic heterocycles. The van der Waals surface area contributed by atoms with E-state index in [-0.39, 0.29) is 17.6 Å². The number of aryl methyl sites for hydroxylation is 1. The predicted octanol–water partition coefficient (Wildman–Crippen LogP) is 2.89. The standard InChI is InChI=1S/C24H25FN6O/c1-30-12-17-13-31(14-19-4-2-3-8-26-19)15-21(23(17)29-30)24(32)27-9-7-16-11-28-22-6-5-18(25)10-20(16)22/h2-6,8,10-12,21,28H,7,9,13-15H2,1H3,(H,27,32)/t21-/m0/s1. The summed E-state index contributed by atoms with van der Waals surface area (Å²) in [5, 5.41) is 8.49. The van der Waals surface area contributed by atoms with Gasteiger partial charge in [-0.05, 0) is 42.3 Å². The molecule has 164 valence electrons. The number of amides is 1. The summed E-state index contributed by atoms with van der Waals surface area (Å²) >= 11 is 0. The number of fused-ring (bicyclic) bond motifs is 2. The Bertz CT molecular complexity index is 1250. The summed E-state index contributed by atoms with van der Waals surface area (Å²) in [5.41, 5.74) is 4.77. The van der Waals surface area contributed by atoms with Gasteiger partial charge in [-0.25, -0.2) is 4.39 Å². The fraction of sp³-hybridized carbons (Fsp3) is 0.292. The molecule has 1 aliphatic heterocycles. The van der Waals surface area contributed by atoms with E-state index in [0.717, 1.165) is 40.0 Å². The van der Waals surface area contributed by atoms with Gasteiger partial charge < -0.3 is 10.3 Å². The molecule has 0 aliphatic carbocycles. The van der Waals surface area contributed by atoms with Gasteiger partial charge in [0.1, 0.15) is 5.82 Å². The van der Waals surface area contributed by atoms with Crippen LogP contribution in [-0.4, -0.2) is 43.6 Å². The zero-order valence-electron chi connectivity index (χ0n) is 17.9. The highest BCUT2D eigenvalue weighted by Crippen LogP contribution is 2.28. The van der Waals surface area contributed by atoms with Crippen LogP contribution in [0.2, 0.25) is 0 Å². The zero-order valence-corrected chi connectivity index (χ0v) is 17.9. The molecule has 4 aromatic rings. The number of nitrogens with zero attached hydrogens (tertiary/aromatic N) is 4. The summed E-state index contributed by atoms with van der Waals surface area (Å²) in [6.45, 7) is 2.48. The lowest BCUT2D eigenvalue weighted by Crippen LogP contribution is -2.41. The number of aromatic amines is 1. The minimum absolute atomic E-state index is 0.0401. The number of H-pyrrole nitrogens is 1. The van der Waals surface area contributed by atoms with Gasteiger partial charge in [0, 0.05) is 68.3 Å². The molecule has 32 heavy (non-hydrogen) atoms. The summed E-state index contributed by atoms with van der Waals surface area (Å²) in [4.78, 5) is 23.0. The van der Waals surface area contributed by atoms with Crippen molar-refractivity contribution >= 4 is 16.8 Å². The molecule has 1 aromatic carbocycles. The van der Waals surface area contributed by atoms with E-state index < -0.39 is 0 Å². The van der Waals surface area contributed by atoms with Crippen molar-refractivity contribution in [3.05, 3.63) is 83.3 Å². The molecule has 0 bridgehead atoms. The normalized spacial score (nSPS) is 16.2. The fourth-order valence-electron chi connectivity index (χ4n) is 4.47. The van der Waals surface area contributed by atoms with Crippen LogP contribution in [0.1, 0.15) is 28.4 Å². The first-order valence-corrected chi connectivity index (χ1v) is 10.7. The van der Waals surface area contributed by atoms with Gasteiger partial charge in [-0.15, -0.1) is 0 Å². The Kier molecular flexibility index (Phi) is 5.45. The third kappa shape index (κ3) is 4.13. The van der Waals surface area contributed by atoms with E-state index in [1.165, 1.54) is 12.1 Å². The topological polar surface area (TPSA) is 78.8 Å². The van der Waals surface area contributed by atoms with Crippen LogP contribution in [0.3, 0.4) is 0 Å². The second-order valence-electron chi connectivity index (χ2n) is 8.30. The van der Waals surface area contributed by atoms with Gasteiger partial charge in [0.25, 0.3) is 0 Å². The second kappa shape index (κ2) is 8.55. The lowest BCUT2D eigenvalue weighted by atomic mass is 9.95. The van der Waals surface area contributed by atoms with Crippen LogP contribution in [0.25, 0.3) is 10.9 Å². The number of carbonyl (C=O) groups is 1. The van der Waals surface area contributed by atoms with Crippen molar-refractivity contribution in [3.63, 3.8) is 0 Å². The van der Waals surface area contributed by atoms with E-state index in [9.17, 15) is 9.18 Å². The van der Waals surface area contributed by atoms with Gasteiger partial charge in [-0.1, -0.05) is 6.07 Å². The van der Waals surface area contributed by atoms with Crippen LogP contribution in [0, 0.1) is 5.82 Å². The number of hydrogen-bond acceptors (Lipinski definition) is 4. The molecule has 0 saturated heterocycles. The maximum Gasteiger partial charge on any atom is 0.230 e. The SMILES string of the molecule is Cn1cc2c(n1)[C@@H](C(=O)NCCc1c[nH]c3ccc(F)cc13)CN(Cc1ccccn1)C2.